The molecule has 0 aliphatic rings. The zero-order chi connectivity index (χ0) is 5.91. The molecular formula is BF3N3-. The normalized spacial score (nSPS) is 10.1. The third-order valence-electron chi connectivity index (χ3n) is 0.183. The first-order valence-electron chi connectivity index (χ1n) is 1.31. The molecular weight excluding hydrogens is 110 g/mol. The van der Waals surface area contributed by atoms with Crippen molar-refractivity contribution in [2.75, 3.05) is 0 Å². The Kier molecular flexibility index (Phi) is 1.54. The number of hydrogen-bond donors (Lipinski definition) is 0. The lowest BCUT2D eigenvalue weighted by molar-refractivity contribution is 0.474. The minimum atomic E-state index is -5.28. The van der Waals surface area contributed by atoms with Crippen molar-refractivity contribution in [3.63, 3.8) is 0 Å². The quantitative estimate of drug-likeness (QED) is 0.213. The molecule has 0 aromatic carbocycles. The maximum absolute atomic E-state index is 10.7. The van der Waals surface area contributed by atoms with Crippen LogP contribution in [0, 0.1) is 0 Å². The zero-order valence-corrected chi connectivity index (χ0v) is 3.05. The van der Waals surface area contributed by atoms with Crippen molar-refractivity contribution >= 4 is 7.11 Å². The van der Waals surface area contributed by atoms with Gasteiger partial charge < -0.3 is 12.9 Å². The molecule has 0 bridgehead atoms. The smallest absolute Gasteiger partial charge is 0.446 e. The van der Waals surface area contributed by atoms with Gasteiger partial charge in [-0.25, -0.2) is 0 Å². The summed E-state index contributed by atoms with van der Waals surface area (Å²) in [6.07, 6.45) is 0. The van der Waals surface area contributed by atoms with Crippen molar-refractivity contribution in [2.24, 2.45) is 5.03 Å². The van der Waals surface area contributed by atoms with Crippen LogP contribution in [0.1, 0.15) is 0 Å². The molecule has 0 aliphatic heterocycles. The molecule has 7 heteroatoms. The second-order valence-corrected chi connectivity index (χ2v) is 0.745. The molecule has 0 aromatic heterocycles. The number of azide groups is 1. The molecule has 0 atom stereocenters. The lowest BCUT2D eigenvalue weighted by atomic mass is 10.2. The van der Waals surface area contributed by atoms with E-state index in [1.165, 1.54) is 9.94 Å². The first kappa shape index (κ1) is 6.16. The highest BCUT2D eigenvalue weighted by atomic mass is 19.4. The van der Waals surface area contributed by atoms with Crippen LogP contribution >= 0.6 is 0 Å². The first-order chi connectivity index (χ1) is 3.06. The Morgan fingerprint density at radius 3 is 1.86 bits per heavy atom. The summed E-state index contributed by atoms with van der Waals surface area (Å²) in [6.45, 7) is 0. The number of hydrogen-bond acceptors (Lipinski definition) is 1. The summed E-state index contributed by atoms with van der Waals surface area (Å²) in [7, 11) is -5.28. The molecule has 3 nitrogen and oxygen atoms in total. The van der Waals surface area contributed by atoms with Gasteiger partial charge in [-0.05, 0) is 10.4 Å². The van der Waals surface area contributed by atoms with Crippen LogP contribution < -0.4 is 0 Å². The summed E-state index contributed by atoms with van der Waals surface area (Å²) in [5, 5.41) is 1.50. The maximum Gasteiger partial charge on any atom is 0.554 e. The average molecular weight is 110 g/mol. The lowest BCUT2D eigenvalue weighted by Crippen LogP contribution is -2.07. The Hall–Kier alpha value is -0.835. The van der Waals surface area contributed by atoms with Gasteiger partial charge in [0.2, 0.25) is 0 Å². The predicted octanol–water partition coefficient (Wildman–Crippen LogP) is 1.64. The van der Waals surface area contributed by atoms with Gasteiger partial charge in [0.15, 0.2) is 0 Å². The molecule has 0 heterocycles. The Balaban J connectivity index is 3.80. The summed E-state index contributed by atoms with van der Waals surface area (Å²) < 4.78 is 32.1. The van der Waals surface area contributed by atoms with E-state index >= 15 is 0 Å². The van der Waals surface area contributed by atoms with E-state index in [4.69, 9.17) is 5.53 Å². The van der Waals surface area contributed by atoms with Crippen molar-refractivity contribution in [2.45, 2.75) is 0 Å². The van der Waals surface area contributed by atoms with Crippen molar-refractivity contribution in [1.82, 2.24) is 0 Å². The van der Waals surface area contributed by atoms with Gasteiger partial charge in [0.05, 0.1) is 0 Å². The molecule has 0 N–H and O–H groups in total. The highest BCUT2D eigenvalue weighted by Crippen LogP contribution is 2.08. The van der Waals surface area contributed by atoms with Crippen LogP contribution in [0.15, 0.2) is 5.03 Å². The predicted molar refractivity (Wildman–Crippen MR) is 18.2 cm³/mol. The van der Waals surface area contributed by atoms with Gasteiger partial charge in [-0.1, -0.05) is 0 Å². The van der Waals surface area contributed by atoms with Gasteiger partial charge in [0.25, 0.3) is 0 Å². The lowest BCUT2D eigenvalue weighted by Gasteiger charge is -2.01. The van der Waals surface area contributed by atoms with E-state index in [1.807, 2.05) is 0 Å². The van der Waals surface area contributed by atoms with Gasteiger partial charge in [-0.3, -0.25) is 0 Å². The van der Waals surface area contributed by atoms with Crippen molar-refractivity contribution in [3.05, 3.63) is 10.4 Å². The fraction of sp³-hybridized carbons (Fsp3) is 0. The molecule has 0 aromatic rings. The van der Waals surface area contributed by atoms with Gasteiger partial charge in [-0.15, -0.1) is 0 Å². The molecule has 0 radical (unpaired) electrons. The Morgan fingerprint density at radius 2 is 1.86 bits per heavy atom. The number of halogens is 3. The third-order valence-corrected chi connectivity index (χ3v) is 0.183. The van der Waals surface area contributed by atoms with Crippen molar-refractivity contribution in [3.8, 4) is 0 Å². The van der Waals surface area contributed by atoms with E-state index in [0.717, 1.165) is 0 Å². The minimum absolute atomic E-state index is 1.50. The Morgan fingerprint density at radius 1 is 1.43 bits per heavy atom. The average Bonchev–Trinajstić information content (AvgIpc) is 1.30. The summed E-state index contributed by atoms with van der Waals surface area (Å²) in [5.41, 5.74) is 7.16. The van der Waals surface area contributed by atoms with E-state index < -0.39 is 7.11 Å². The van der Waals surface area contributed by atoms with E-state index in [1.54, 1.807) is 0 Å². The molecule has 0 saturated carbocycles. The molecule has 40 valence electrons. The molecule has 0 aliphatic carbocycles. The summed E-state index contributed by atoms with van der Waals surface area (Å²) in [4.78, 5) is 1.53. The molecule has 0 fully saturated rings. The van der Waals surface area contributed by atoms with Gasteiger partial charge in [0, 0.05) is 0 Å². The maximum atomic E-state index is 10.7. The van der Waals surface area contributed by atoms with Crippen LogP contribution in [0.2, 0.25) is 0 Å². The first-order valence-corrected chi connectivity index (χ1v) is 1.31. The zero-order valence-electron chi connectivity index (χ0n) is 3.05. The largest absolute Gasteiger partial charge is 0.554 e. The highest BCUT2D eigenvalue weighted by molar-refractivity contribution is 6.56. The van der Waals surface area contributed by atoms with E-state index in [9.17, 15) is 12.9 Å². The Labute approximate surface area is 36.8 Å². The monoisotopic (exact) mass is 110 g/mol. The van der Waals surface area contributed by atoms with Gasteiger partial charge >= 0.3 is 7.11 Å². The summed E-state index contributed by atoms with van der Waals surface area (Å²) >= 11 is 0. The van der Waals surface area contributed by atoms with Crippen LogP contribution in [0.5, 0.6) is 0 Å². The van der Waals surface area contributed by atoms with Crippen LogP contribution in [0.4, 0.5) is 12.9 Å². The number of nitrogens with zero attached hydrogens (tertiary/aromatic N) is 3. The molecule has 0 saturated heterocycles. The SMILES string of the molecule is [N-]=[N+]=N[B-](F)(F)F. The third kappa shape index (κ3) is 5.16. The van der Waals surface area contributed by atoms with E-state index in [0.29, 0.717) is 0 Å². The molecule has 7 heavy (non-hydrogen) atoms. The molecule has 0 unspecified atom stereocenters. The van der Waals surface area contributed by atoms with Crippen LogP contribution in [0.3, 0.4) is 0 Å². The topological polar surface area (TPSA) is 48.8 Å². The van der Waals surface area contributed by atoms with Gasteiger partial charge in [-0.2, -0.15) is 5.03 Å². The van der Waals surface area contributed by atoms with Crippen LogP contribution in [-0.2, 0) is 0 Å². The second kappa shape index (κ2) is 1.75. The fourth-order valence-electron chi connectivity index (χ4n) is 0.0586. The van der Waals surface area contributed by atoms with E-state index in [2.05, 4.69) is 0 Å². The summed E-state index contributed by atoms with van der Waals surface area (Å²) in [5.74, 6) is 0. The highest BCUT2D eigenvalue weighted by Gasteiger charge is 2.18. The second-order valence-electron chi connectivity index (χ2n) is 0.745. The molecule has 0 spiro atoms. The fourth-order valence-corrected chi connectivity index (χ4v) is 0.0586. The standard InChI is InChI=1S/BF3N3/c2-1(3,4)6-7-5/q-1. The minimum Gasteiger partial charge on any atom is -0.446 e. The van der Waals surface area contributed by atoms with Crippen molar-refractivity contribution in [1.29, 1.82) is 0 Å². The number of rotatable bonds is 1. The van der Waals surface area contributed by atoms with Crippen LogP contribution in [-0.4, -0.2) is 7.11 Å². The van der Waals surface area contributed by atoms with Gasteiger partial charge in [0.1, 0.15) is 0 Å². The summed E-state index contributed by atoms with van der Waals surface area (Å²) in [6, 6.07) is 0. The Bertz CT molecular complexity index is 97.2. The van der Waals surface area contributed by atoms with Crippen LogP contribution in [0.25, 0.3) is 10.4 Å². The molecule has 0 rings (SSSR count). The van der Waals surface area contributed by atoms with Crippen molar-refractivity contribution < 1.29 is 12.9 Å². The van der Waals surface area contributed by atoms with E-state index in [-0.39, 0.29) is 0 Å². The molecule has 0 amide bonds.